The molecule has 0 saturated heterocycles. The molecule has 0 aliphatic heterocycles. The second-order valence-electron chi connectivity index (χ2n) is 4.19. The van der Waals surface area contributed by atoms with Gasteiger partial charge in [0.05, 0.1) is 13.2 Å². The summed E-state index contributed by atoms with van der Waals surface area (Å²) in [5.41, 5.74) is 0.888. The molecule has 0 saturated carbocycles. The summed E-state index contributed by atoms with van der Waals surface area (Å²) in [4.78, 5) is 11.2. The molecule has 0 bridgehead atoms. The van der Waals surface area contributed by atoms with Gasteiger partial charge in [0, 0.05) is 21.5 Å². The molecule has 0 aliphatic rings. The van der Waals surface area contributed by atoms with E-state index < -0.39 is 0 Å². The highest BCUT2D eigenvalue weighted by molar-refractivity contribution is 7.12. The molecule has 0 spiro atoms. The predicted octanol–water partition coefficient (Wildman–Crippen LogP) is 3.34. The number of ether oxygens (including phenoxy) is 1. The van der Waals surface area contributed by atoms with E-state index >= 15 is 0 Å². The molecule has 0 amide bonds. The molecule has 0 fully saturated rings. The van der Waals surface area contributed by atoms with Crippen molar-refractivity contribution in [2.45, 2.75) is 26.8 Å². The molecule has 1 atom stereocenters. The summed E-state index contributed by atoms with van der Waals surface area (Å²) < 4.78 is 5.14. The number of nitrogens with one attached hydrogen (secondary N) is 1. The van der Waals surface area contributed by atoms with Crippen molar-refractivity contribution >= 4 is 17.3 Å². The number of anilines is 1. The third kappa shape index (κ3) is 2.98. The quantitative estimate of drug-likeness (QED) is 0.919. The van der Waals surface area contributed by atoms with Crippen molar-refractivity contribution in [1.82, 2.24) is 9.97 Å². The van der Waals surface area contributed by atoms with Crippen LogP contribution in [-0.4, -0.2) is 17.1 Å². The average Bonchev–Trinajstić information content (AvgIpc) is 2.75. The van der Waals surface area contributed by atoms with Crippen LogP contribution in [0, 0.1) is 13.8 Å². The molecular weight excluding hydrogens is 246 g/mol. The minimum absolute atomic E-state index is 0.190. The molecular formula is C13H17N3OS. The van der Waals surface area contributed by atoms with Crippen molar-refractivity contribution in [2.75, 3.05) is 12.4 Å². The van der Waals surface area contributed by atoms with Crippen LogP contribution in [0.5, 0.6) is 5.88 Å². The van der Waals surface area contributed by atoms with Crippen LogP contribution in [0.1, 0.15) is 28.4 Å². The first-order chi connectivity index (χ1) is 8.58. The summed E-state index contributed by atoms with van der Waals surface area (Å²) in [5, 5.41) is 3.30. The van der Waals surface area contributed by atoms with E-state index in [0.29, 0.717) is 11.8 Å². The molecule has 0 aromatic carbocycles. The number of hydrogen-bond donors (Lipinski definition) is 1. The fourth-order valence-corrected chi connectivity index (χ4v) is 2.54. The van der Waals surface area contributed by atoms with Crippen molar-refractivity contribution in [3.05, 3.63) is 33.6 Å². The van der Waals surface area contributed by atoms with E-state index in [1.807, 2.05) is 13.0 Å². The van der Waals surface area contributed by atoms with Crippen molar-refractivity contribution < 1.29 is 4.74 Å². The van der Waals surface area contributed by atoms with Gasteiger partial charge in [-0.1, -0.05) is 0 Å². The lowest BCUT2D eigenvalue weighted by Crippen LogP contribution is -2.09. The SMILES string of the molecule is COc1cc(C)nc(NC(C)c2ccc(C)s2)n1. The van der Waals surface area contributed by atoms with E-state index in [2.05, 4.69) is 41.3 Å². The lowest BCUT2D eigenvalue weighted by atomic mass is 10.3. The first kappa shape index (κ1) is 12.8. The van der Waals surface area contributed by atoms with Gasteiger partial charge in [-0.05, 0) is 32.9 Å². The zero-order chi connectivity index (χ0) is 13.1. The molecule has 96 valence electrons. The predicted molar refractivity (Wildman–Crippen MR) is 74.4 cm³/mol. The van der Waals surface area contributed by atoms with Gasteiger partial charge >= 0.3 is 0 Å². The molecule has 18 heavy (non-hydrogen) atoms. The molecule has 1 unspecified atom stereocenters. The first-order valence-corrected chi connectivity index (χ1v) is 6.62. The van der Waals surface area contributed by atoms with Gasteiger partial charge in [0.2, 0.25) is 11.8 Å². The second-order valence-corrected chi connectivity index (χ2v) is 5.51. The van der Waals surface area contributed by atoms with Crippen LogP contribution in [0.3, 0.4) is 0 Å². The Morgan fingerprint density at radius 2 is 2.06 bits per heavy atom. The highest BCUT2D eigenvalue weighted by Gasteiger charge is 2.10. The summed E-state index contributed by atoms with van der Waals surface area (Å²) in [5.74, 6) is 1.19. The van der Waals surface area contributed by atoms with Gasteiger partial charge < -0.3 is 10.1 Å². The smallest absolute Gasteiger partial charge is 0.226 e. The lowest BCUT2D eigenvalue weighted by molar-refractivity contribution is 0.397. The summed E-state index contributed by atoms with van der Waals surface area (Å²) in [7, 11) is 1.61. The third-order valence-electron chi connectivity index (χ3n) is 2.57. The zero-order valence-corrected chi connectivity index (χ0v) is 11.8. The Bertz CT molecular complexity index is 539. The monoisotopic (exact) mass is 263 g/mol. The fourth-order valence-electron chi connectivity index (χ4n) is 1.66. The van der Waals surface area contributed by atoms with Gasteiger partial charge in [0.1, 0.15) is 0 Å². The molecule has 1 N–H and O–H groups in total. The third-order valence-corrected chi connectivity index (χ3v) is 3.76. The largest absolute Gasteiger partial charge is 0.481 e. The van der Waals surface area contributed by atoms with Gasteiger partial charge in [0.15, 0.2) is 0 Å². The summed E-state index contributed by atoms with van der Waals surface area (Å²) in [6.07, 6.45) is 0. The Labute approximate surface area is 111 Å². The van der Waals surface area contributed by atoms with E-state index in [-0.39, 0.29) is 6.04 Å². The van der Waals surface area contributed by atoms with E-state index in [0.717, 1.165) is 5.69 Å². The van der Waals surface area contributed by atoms with Gasteiger partial charge in [-0.3, -0.25) is 0 Å². The second kappa shape index (κ2) is 5.35. The number of rotatable bonds is 4. The van der Waals surface area contributed by atoms with Crippen LogP contribution >= 0.6 is 11.3 Å². The molecule has 2 aromatic heterocycles. The van der Waals surface area contributed by atoms with Crippen molar-refractivity contribution in [2.24, 2.45) is 0 Å². The molecule has 2 rings (SSSR count). The summed E-state index contributed by atoms with van der Waals surface area (Å²) in [6.45, 7) is 6.13. The number of aromatic nitrogens is 2. The minimum Gasteiger partial charge on any atom is -0.481 e. The first-order valence-electron chi connectivity index (χ1n) is 5.81. The molecule has 0 aliphatic carbocycles. The van der Waals surface area contributed by atoms with Crippen molar-refractivity contribution in [3.8, 4) is 5.88 Å². The fraction of sp³-hybridized carbons (Fsp3) is 0.385. The highest BCUT2D eigenvalue weighted by atomic mass is 32.1. The minimum atomic E-state index is 0.190. The van der Waals surface area contributed by atoms with Crippen molar-refractivity contribution in [3.63, 3.8) is 0 Å². The number of methoxy groups -OCH3 is 1. The van der Waals surface area contributed by atoms with Crippen LogP contribution in [0.4, 0.5) is 5.95 Å². The topological polar surface area (TPSA) is 47.0 Å². The Kier molecular flexibility index (Phi) is 3.81. The Morgan fingerprint density at radius 3 is 2.67 bits per heavy atom. The number of thiophene rings is 1. The Hall–Kier alpha value is -1.62. The maximum Gasteiger partial charge on any atom is 0.226 e. The standard InChI is InChI=1S/C13H17N3OS/c1-8-7-12(17-4)16-13(14-8)15-10(3)11-6-5-9(2)18-11/h5-7,10H,1-4H3,(H,14,15,16). The Morgan fingerprint density at radius 1 is 1.28 bits per heavy atom. The average molecular weight is 263 g/mol. The van der Waals surface area contributed by atoms with E-state index in [4.69, 9.17) is 4.74 Å². The molecule has 2 aromatic rings. The zero-order valence-electron chi connectivity index (χ0n) is 11.0. The van der Waals surface area contributed by atoms with E-state index in [1.54, 1.807) is 18.4 Å². The van der Waals surface area contributed by atoms with Crippen LogP contribution in [0.2, 0.25) is 0 Å². The summed E-state index contributed by atoms with van der Waals surface area (Å²) >= 11 is 1.78. The molecule has 5 heteroatoms. The summed E-state index contributed by atoms with van der Waals surface area (Å²) in [6, 6.07) is 6.25. The van der Waals surface area contributed by atoms with Gasteiger partial charge in [-0.25, -0.2) is 4.98 Å². The number of aryl methyl sites for hydroxylation is 2. The molecule has 2 heterocycles. The normalized spacial score (nSPS) is 12.2. The number of nitrogens with zero attached hydrogens (tertiary/aromatic N) is 2. The van der Waals surface area contributed by atoms with Crippen LogP contribution < -0.4 is 10.1 Å². The van der Waals surface area contributed by atoms with Crippen molar-refractivity contribution in [1.29, 1.82) is 0 Å². The van der Waals surface area contributed by atoms with E-state index in [1.165, 1.54) is 9.75 Å². The number of hydrogen-bond acceptors (Lipinski definition) is 5. The van der Waals surface area contributed by atoms with Crippen LogP contribution in [0.15, 0.2) is 18.2 Å². The van der Waals surface area contributed by atoms with Gasteiger partial charge in [-0.2, -0.15) is 4.98 Å². The van der Waals surface area contributed by atoms with Gasteiger partial charge in [-0.15, -0.1) is 11.3 Å². The van der Waals surface area contributed by atoms with Crippen LogP contribution in [-0.2, 0) is 0 Å². The molecule has 0 radical (unpaired) electrons. The maximum atomic E-state index is 5.14. The Balaban J connectivity index is 2.16. The lowest BCUT2D eigenvalue weighted by Gasteiger charge is -2.13. The maximum absolute atomic E-state index is 5.14. The highest BCUT2D eigenvalue weighted by Crippen LogP contribution is 2.25. The van der Waals surface area contributed by atoms with Crippen LogP contribution in [0.25, 0.3) is 0 Å². The van der Waals surface area contributed by atoms with Gasteiger partial charge in [0.25, 0.3) is 0 Å². The molecule has 4 nitrogen and oxygen atoms in total. The van der Waals surface area contributed by atoms with E-state index in [9.17, 15) is 0 Å².